The van der Waals surface area contributed by atoms with Crippen LogP contribution in [0.15, 0.2) is 11.6 Å². The molecule has 0 aliphatic carbocycles. The highest BCUT2D eigenvalue weighted by Gasteiger charge is 2.33. The lowest BCUT2D eigenvalue weighted by atomic mass is 9.86. The monoisotopic (exact) mass is 356 g/mol. The molecular weight excluding hydrogens is 336 g/mol. The Morgan fingerprint density at radius 2 is 2.08 bits per heavy atom. The summed E-state index contributed by atoms with van der Waals surface area (Å²) in [5.74, 6) is 0.380. The van der Waals surface area contributed by atoms with Gasteiger partial charge in [0.1, 0.15) is 6.61 Å². The fourth-order valence-electron chi connectivity index (χ4n) is 3.02. The van der Waals surface area contributed by atoms with Crippen LogP contribution in [0.1, 0.15) is 62.7 Å². The number of esters is 2. The Morgan fingerprint density at radius 3 is 2.65 bits per heavy atom. The second-order valence-corrected chi connectivity index (χ2v) is 6.06. The predicted octanol–water partition coefficient (Wildman–Crippen LogP) is 2.79. The number of cyclic esters (lactones) is 1. The van der Waals surface area contributed by atoms with Crippen molar-refractivity contribution >= 4 is 17.9 Å². The van der Waals surface area contributed by atoms with E-state index in [1.165, 1.54) is 7.11 Å². The number of allylic oxidation sites excluding steroid dienone is 2. The Labute approximate surface area is 151 Å². The molecule has 1 aliphatic rings. The number of rotatable bonds is 6. The lowest BCUT2D eigenvalue weighted by Gasteiger charge is -2.14. The summed E-state index contributed by atoms with van der Waals surface area (Å²) in [6.45, 7) is 3.63. The van der Waals surface area contributed by atoms with Crippen LogP contribution >= 0.6 is 0 Å². The van der Waals surface area contributed by atoms with E-state index >= 15 is 0 Å². The van der Waals surface area contributed by atoms with Crippen molar-refractivity contribution < 1.29 is 29.0 Å². The molecule has 0 amide bonds. The first-order valence-corrected chi connectivity index (χ1v) is 8.09. The van der Waals surface area contributed by atoms with Gasteiger partial charge in [-0.05, 0) is 37.8 Å². The van der Waals surface area contributed by atoms with Gasteiger partial charge >= 0.3 is 17.9 Å². The van der Waals surface area contributed by atoms with Crippen LogP contribution in [0.2, 0.25) is 0 Å². The van der Waals surface area contributed by atoms with Crippen molar-refractivity contribution in [1.29, 1.82) is 0 Å². The summed E-state index contributed by atoms with van der Waals surface area (Å²) in [5.41, 5.74) is 2.99. The number of carbonyl (C=O) groups excluding carboxylic acids is 2. The van der Waals surface area contributed by atoms with E-state index in [1.54, 1.807) is 6.92 Å². The molecule has 0 bridgehead atoms. The molecular formula is C20H20O6. The fourth-order valence-corrected chi connectivity index (χ4v) is 3.02. The third-order valence-corrected chi connectivity index (χ3v) is 4.50. The van der Waals surface area contributed by atoms with Gasteiger partial charge in [0.15, 0.2) is 0 Å². The van der Waals surface area contributed by atoms with Crippen LogP contribution < -0.4 is 0 Å². The number of benzene rings is 1. The first-order valence-electron chi connectivity index (χ1n) is 8.09. The summed E-state index contributed by atoms with van der Waals surface area (Å²) in [5, 5.41) is 9.67. The van der Waals surface area contributed by atoms with Gasteiger partial charge in [-0.2, -0.15) is 0 Å². The quantitative estimate of drug-likeness (QED) is 0.479. The first-order chi connectivity index (χ1) is 12.3. The lowest BCUT2D eigenvalue weighted by molar-refractivity contribution is -0.140. The van der Waals surface area contributed by atoms with Gasteiger partial charge in [-0.1, -0.05) is 17.6 Å². The van der Waals surface area contributed by atoms with Crippen molar-refractivity contribution in [2.24, 2.45) is 0 Å². The molecule has 6 heteroatoms. The molecule has 1 heterocycles. The van der Waals surface area contributed by atoms with Gasteiger partial charge in [0.2, 0.25) is 0 Å². The number of carboxylic acid groups (broad SMARTS) is 1. The highest BCUT2D eigenvalue weighted by Crippen LogP contribution is 2.33. The van der Waals surface area contributed by atoms with Crippen LogP contribution in [0.4, 0.5) is 0 Å². The van der Waals surface area contributed by atoms with Gasteiger partial charge in [0.05, 0.1) is 18.2 Å². The largest absolute Gasteiger partial charge is 0.478 e. The van der Waals surface area contributed by atoms with E-state index in [2.05, 4.69) is 10.7 Å². The Balaban J connectivity index is 2.48. The molecule has 2 rings (SSSR count). The van der Waals surface area contributed by atoms with Gasteiger partial charge in [-0.25, -0.2) is 9.59 Å². The normalized spacial score (nSPS) is 13.0. The number of fused-ring (bicyclic) bond motifs is 1. The molecule has 6 nitrogen and oxygen atoms in total. The summed E-state index contributed by atoms with van der Waals surface area (Å²) in [6.07, 6.45) is 8.41. The molecule has 0 saturated carbocycles. The van der Waals surface area contributed by atoms with Crippen molar-refractivity contribution in [2.45, 2.75) is 39.7 Å². The van der Waals surface area contributed by atoms with Gasteiger partial charge in [-0.15, -0.1) is 6.42 Å². The molecule has 26 heavy (non-hydrogen) atoms. The van der Waals surface area contributed by atoms with Crippen molar-refractivity contribution in [2.75, 3.05) is 7.11 Å². The zero-order valence-corrected chi connectivity index (χ0v) is 15.0. The first kappa shape index (κ1) is 19.3. The van der Waals surface area contributed by atoms with Gasteiger partial charge < -0.3 is 14.6 Å². The zero-order valence-electron chi connectivity index (χ0n) is 15.0. The van der Waals surface area contributed by atoms with Crippen LogP contribution in [0, 0.1) is 19.3 Å². The molecule has 0 fully saturated rings. The van der Waals surface area contributed by atoms with Crippen LogP contribution in [-0.2, 0) is 27.3 Å². The molecule has 1 aromatic carbocycles. The Hall–Kier alpha value is -3.07. The van der Waals surface area contributed by atoms with E-state index in [9.17, 15) is 19.5 Å². The highest BCUT2D eigenvalue weighted by molar-refractivity contribution is 6.06. The number of carbonyl (C=O) groups is 3. The van der Waals surface area contributed by atoms with Crippen LogP contribution in [0.3, 0.4) is 0 Å². The topological polar surface area (TPSA) is 89.9 Å². The van der Waals surface area contributed by atoms with E-state index in [1.807, 2.05) is 13.0 Å². The maximum absolute atomic E-state index is 12.0. The number of carboxylic acids is 1. The van der Waals surface area contributed by atoms with Crippen molar-refractivity contribution in [3.63, 3.8) is 0 Å². The molecule has 0 radical (unpaired) electrons. The molecule has 0 unspecified atom stereocenters. The van der Waals surface area contributed by atoms with E-state index in [0.717, 1.165) is 5.57 Å². The van der Waals surface area contributed by atoms with E-state index in [0.29, 0.717) is 28.7 Å². The minimum absolute atomic E-state index is 0.0310. The predicted molar refractivity (Wildman–Crippen MR) is 93.9 cm³/mol. The third kappa shape index (κ3) is 3.62. The standard InChI is InChI=1S/C20H20O6/c1-5-13-12(3)15-10-26-20(24)18(15)17(19(22)23)14(13)8-6-11(2)7-9-16(21)25-4/h1,6H,7-10H2,2-4H3,(H,22,23). The number of methoxy groups -OCH3 is 1. The molecule has 0 atom stereocenters. The SMILES string of the molecule is C#Cc1c(C)c2c(c(C(=O)O)c1CC=C(C)CCC(=O)OC)C(=O)OC2. The van der Waals surface area contributed by atoms with Gasteiger partial charge in [0.25, 0.3) is 0 Å². The van der Waals surface area contributed by atoms with Crippen LogP contribution in [0.5, 0.6) is 0 Å². The lowest BCUT2D eigenvalue weighted by Crippen LogP contribution is -2.14. The van der Waals surface area contributed by atoms with Crippen molar-refractivity contribution in [3.05, 3.63) is 45.0 Å². The highest BCUT2D eigenvalue weighted by atomic mass is 16.5. The summed E-state index contributed by atoms with van der Waals surface area (Å²) in [6, 6.07) is 0. The molecule has 0 aromatic heterocycles. The Bertz CT molecular complexity index is 854. The van der Waals surface area contributed by atoms with E-state index < -0.39 is 11.9 Å². The van der Waals surface area contributed by atoms with Crippen molar-refractivity contribution in [1.82, 2.24) is 0 Å². The second-order valence-electron chi connectivity index (χ2n) is 6.06. The summed E-state index contributed by atoms with van der Waals surface area (Å²) < 4.78 is 9.62. The number of hydrogen-bond acceptors (Lipinski definition) is 5. The second kappa shape index (κ2) is 7.87. The Morgan fingerprint density at radius 1 is 1.38 bits per heavy atom. The molecule has 0 saturated heterocycles. The Kier molecular flexibility index (Phi) is 5.83. The number of ether oxygens (including phenoxy) is 2. The smallest absolute Gasteiger partial charge is 0.339 e. The molecule has 1 N–H and O–H groups in total. The van der Waals surface area contributed by atoms with Crippen molar-refractivity contribution in [3.8, 4) is 12.3 Å². The minimum atomic E-state index is -1.22. The van der Waals surface area contributed by atoms with E-state index in [4.69, 9.17) is 11.2 Å². The van der Waals surface area contributed by atoms with Gasteiger partial charge in [-0.3, -0.25) is 4.79 Å². The molecule has 1 aromatic rings. The average molecular weight is 356 g/mol. The van der Waals surface area contributed by atoms with Crippen LogP contribution in [0.25, 0.3) is 0 Å². The average Bonchev–Trinajstić information content (AvgIpc) is 2.99. The maximum atomic E-state index is 12.0. The summed E-state index contributed by atoms with van der Waals surface area (Å²) in [7, 11) is 1.33. The maximum Gasteiger partial charge on any atom is 0.339 e. The fraction of sp³-hybridized carbons (Fsp3) is 0.350. The summed E-state index contributed by atoms with van der Waals surface area (Å²) in [4.78, 5) is 35.1. The van der Waals surface area contributed by atoms with Gasteiger partial charge in [0, 0.05) is 17.5 Å². The minimum Gasteiger partial charge on any atom is -0.478 e. The summed E-state index contributed by atoms with van der Waals surface area (Å²) >= 11 is 0. The molecule has 1 aliphatic heterocycles. The third-order valence-electron chi connectivity index (χ3n) is 4.50. The zero-order chi connectivity index (χ0) is 19.4. The number of aromatic carboxylic acids is 1. The molecule has 136 valence electrons. The van der Waals surface area contributed by atoms with Crippen LogP contribution in [-0.4, -0.2) is 30.1 Å². The number of hydrogen-bond donors (Lipinski definition) is 1. The van der Waals surface area contributed by atoms with E-state index in [-0.39, 0.29) is 36.5 Å². The molecule has 0 spiro atoms. The number of terminal acetylenes is 1.